The second-order valence-corrected chi connectivity index (χ2v) is 7.05. The highest BCUT2D eigenvalue weighted by molar-refractivity contribution is 7.10. The van der Waals surface area contributed by atoms with Crippen LogP contribution in [0.4, 0.5) is 0 Å². The van der Waals surface area contributed by atoms with Crippen LogP contribution in [0.3, 0.4) is 0 Å². The van der Waals surface area contributed by atoms with E-state index in [1.54, 1.807) is 29.5 Å². The minimum absolute atomic E-state index is 0.125. The van der Waals surface area contributed by atoms with Gasteiger partial charge in [-0.05, 0) is 35.2 Å². The Morgan fingerprint density at radius 1 is 1.04 bits per heavy atom. The minimum Gasteiger partial charge on any atom is -0.454 e. The van der Waals surface area contributed by atoms with Crippen LogP contribution in [0.15, 0.2) is 66.0 Å². The average Bonchev–Trinajstić information content (AvgIpc) is 3.42. The molecule has 1 amide bonds. The molecule has 0 bridgehead atoms. The third kappa shape index (κ3) is 3.99. The molecule has 7 heteroatoms. The summed E-state index contributed by atoms with van der Waals surface area (Å²) in [6.07, 6.45) is 0. The maximum Gasteiger partial charge on any atom is 0.338 e. The van der Waals surface area contributed by atoms with Crippen molar-refractivity contribution >= 4 is 23.2 Å². The van der Waals surface area contributed by atoms with Gasteiger partial charge in [-0.15, -0.1) is 11.3 Å². The van der Waals surface area contributed by atoms with Gasteiger partial charge in [0.1, 0.15) is 0 Å². The summed E-state index contributed by atoms with van der Waals surface area (Å²) in [5.74, 6) is 0.0915. The van der Waals surface area contributed by atoms with Gasteiger partial charge >= 0.3 is 5.97 Å². The molecule has 0 radical (unpaired) electrons. The maximum atomic E-state index is 12.4. The van der Waals surface area contributed by atoms with Gasteiger partial charge in [0.05, 0.1) is 11.6 Å². The summed E-state index contributed by atoms with van der Waals surface area (Å²) in [6, 6.07) is 18.0. The molecule has 0 fully saturated rings. The van der Waals surface area contributed by atoms with E-state index >= 15 is 0 Å². The highest BCUT2D eigenvalue weighted by Gasteiger charge is 2.20. The quantitative estimate of drug-likeness (QED) is 0.647. The lowest BCUT2D eigenvalue weighted by atomic mass is 10.1. The van der Waals surface area contributed by atoms with Crippen LogP contribution in [0, 0.1) is 0 Å². The fraction of sp³-hybridized carbons (Fsp3) is 0.143. The van der Waals surface area contributed by atoms with Crippen molar-refractivity contribution in [2.75, 3.05) is 13.4 Å². The first-order valence-electron chi connectivity index (χ1n) is 8.65. The lowest BCUT2D eigenvalue weighted by Gasteiger charge is -2.18. The van der Waals surface area contributed by atoms with Crippen LogP contribution in [0.1, 0.15) is 26.8 Å². The Kier molecular flexibility index (Phi) is 5.25. The third-order valence-corrected chi connectivity index (χ3v) is 5.15. The van der Waals surface area contributed by atoms with Gasteiger partial charge in [0.25, 0.3) is 5.91 Å². The molecule has 6 nitrogen and oxygen atoms in total. The molecule has 1 aliphatic rings. The molecule has 0 spiro atoms. The van der Waals surface area contributed by atoms with E-state index in [-0.39, 0.29) is 25.3 Å². The van der Waals surface area contributed by atoms with Crippen LogP contribution in [0.25, 0.3) is 0 Å². The topological polar surface area (TPSA) is 73.9 Å². The number of ether oxygens (including phenoxy) is 3. The number of nitrogens with one attached hydrogen (secondary N) is 1. The number of carbonyl (C=O) groups excluding carboxylic acids is 2. The largest absolute Gasteiger partial charge is 0.454 e. The van der Waals surface area contributed by atoms with Gasteiger partial charge in [0.15, 0.2) is 18.1 Å². The van der Waals surface area contributed by atoms with Crippen LogP contribution in [-0.4, -0.2) is 25.3 Å². The number of esters is 1. The normalized spacial score (nSPS) is 13.0. The van der Waals surface area contributed by atoms with E-state index in [1.807, 2.05) is 47.8 Å². The number of hydrogen-bond acceptors (Lipinski definition) is 6. The molecule has 2 aromatic carbocycles. The third-order valence-electron chi connectivity index (χ3n) is 4.21. The smallest absolute Gasteiger partial charge is 0.338 e. The Hall–Kier alpha value is -3.32. The van der Waals surface area contributed by atoms with Crippen molar-refractivity contribution in [3.05, 3.63) is 82.0 Å². The van der Waals surface area contributed by atoms with E-state index < -0.39 is 5.97 Å². The van der Waals surface area contributed by atoms with E-state index in [2.05, 4.69) is 5.32 Å². The van der Waals surface area contributed by atoms with Gasteiger partial charge in [-0.3, -0.25) is 4.79 Å². The number of amides is 1. The maximum absolute atomic E-state index is 12.4. The van der Waals surface area contributed by atoms with Crippen molar-refractivity contribution in [3.63, 3.8) is 0 Å². The lowest BCUT2D eigenvalue weighted by molar-refractivity contribution is -0.124. The number of fused-ring (bicyclic) bond motifs is 1. The molecule has 28 heavy (non-hydrogen) atoms. The molecule has 4 rings (SSSR count). The van der Waals surface area contributed by atoms with Gasteiger partial charge in [-0.25, -0.2) is 4.79 Å². The molecule has 0 saturated heterocycles. The van der Waals surface area contributed by atoms with Gasteiger partial charge < -0.3 is 19.5 Å². The summed E-state index contributed by atoms with van der Waals surface area (Å²) >= 11 is 1.55. The van der Waals surface area contributed by atoms with E-state index in [4.69, 9.17) is 14.2 Å². The molecular weight excluding hydrogens is 378 g/mol. The first-order valence-corrected chi connectivity index (χ1v) is 9.53. The zero-order valence-corrected chi connectivity index (χ0v) is 15.6. The zero-order chi connectivity index (χ0) is 19.3. The fourth-order valence-corrected chi connectivity index (χ4v) is 3.66. The number of benzene rings is 2. The first-order chi connectivity index (χ1) is 13.7. The molecule has 1 N–H and O–H groups in total. The summed E-state index contributed by atoms with van der Waals surface area (Å²) in [5.41, 5.74) is 1.26. The summed E-state index contributed by atoms with van der Waals surface area (Å²) in [6.45, 7) is -0.248. The molecule has 2 heterocycles. The lowest BCUT2D eigenvalue weighted by Crippen LogP contribution is -2.32. The summed E-state index contributed by atoms with van der Waals surface area (Å²) < 4.78 is 15.6. The van der Waals surface area contributed by atoms with Crippen molar-refractivity contribution in [2.24, 2.45) is 0 Å². The van der Waals surface area contributed by atoms with Crippen molar-refractivity contribution < 1.29 is 23.8 Å². The monoisotopic (exact) mass is 395 g/mol. The van der Waals surface area contributed by atoms with Crippen LogP contribution < -0.4 is 14.8 Å². The summed E-state index contributed by atoms with van der Waals surface area (Å²) in [4.78, 5) is 25.7. The molecule has 3 aromatic rings. The van der Waals surface area contributed by atoms with E-state index in [9.17, 15) is 9.59 Å². The summed E-state index contributed by atoms with van der Waals surface area (Å²) in [5, 5.41) is 4.89. The van der Waals surface area contributed by atoms with E-state index in [1.165, 1.54) is 0 Å². The van der Waals surface area contributed by atoms with Crippen molar-refractivity contribution in [1.82, 2.24) is 5.32 Å². The predicted molar refractivity (Wildman–Crippen MR) is 104 cm³/mol. The minimum atomic E-state index is -0.596. The van der Waals surface area contributed by atoms with Crippen LogP contribution in [-0.2, 0) is 9.53 Å². The zero-order valence-electron chi connectivity index (χ0n) is 14.8. The average molecular weight is 395 g/mol. The molecular formula is C21H17NO5S. The van der Waals surface area contributed by atoms with E-state index in [0.29, 0.717) is 17.1 Å². The number of carbonyl (C=O) groups is 2. The predicted octanol–water partition coefficient (Wildman–Crippen LogP) is 3.54. The molecule has 1 aliphatic heterocycles. The molecule has 1 atom stereocenters. The Morgan fingerprint density at radius 2 is 1.86 bits per heavy atom. The Labute approximate surface area is 165 Å². The second kappa shape index (κ2) is 8.14. The van der Waals surface area contributed by atoms with Gasteiger partial charge in [0, 0.05) is 4.88 Å². The highest BCUT2D eigenvalue weighted by atomic mass is 32.1. The summed E-state index contributed by atoms with van der Waals surface area (Å²) in [7, 11) is 0. The van der Waals surface area contributed by atoms with Crippen molar-refractivity contribution in [1.29, 1.82) is 0 Å². The Morgan fingerprint density at radius 3 is 2.64 bits per heavy atom. The fourth-order valence-electron chi connectivity index (χ4n) is 2.86. The molecule has 1 aromatic heterocycles. The van der Waals surface area contributed by atoms with E-state index in [0.717, 1.165) is 10.4 Å². The molecule has 0 aliphatic carbocycles. The first kappa shape index (κ1) is 18.1. The van der Waals surface area contributed by atoms with Crippen LogP contribution in [0.2, 0.25) is 0 Å². The SMILES string of the molecule is O=C(COC(=O)c1ccc2c(c1)OCO2)N[C@@H](c1ccccc1)c1cccs1. The Balaban J connectivity index is 1.39. The molecule has 0 unspecified atom stereocenters. The van der Waals surface area contributed by atoms with Gasteiger partial charge in [-0.1, -0.05) is 36.4 Å². The second-order valence-electron chi connectivity index (χ2n) is 6.07. The van der Waals surface area contributed by atoms with Crippen LogP contribution in [0.5, 0.6) is 11.5 Å². The van der Waals surface area contributed by atoms with Crippen molar-refractivity contribution in [2.45, 2.75) is 6.04 Å². The molecule has 0 saturated carbocycles. The van der Waals surface area contributed by atoms with Gasteiger partial charge in [-0.2, -0.15) is 0 Å². The van der Waals surface area contributed by atoms with Gasteiger partial charge in [0.2, 0.25) is 6.79 Å². The van der Waals surface area contributed by atoms with Crippen molar-refractivity contribution in [3.8, 4) is 11.5 Å². The van der Waals surface area contributed by atoms with Crippen LogP contribution >= 0.6 is 11.3 Å². The number of hydrogen-bond donors (Lipinski definition) is 1. The molecule has 142 valence electrons. The standard InChI is InChI=1S/C21H17NO5S/c23-19(12-25-21(24)15-8-9-16-17(11-15)27-13-26-16)22-20(18-7-4-10-28-18)14-5-2-1-3-6-14/h1-11,20H,12-13H2,(H,22,23)/t20-/m0/s1. The number of thiophene rings is 1. The highest BCUT2D eigenvalue weighted by Crippen LogP contribution is 2.32. The number of rotatable bonds is 6. The Bertz CT molecular complexity index is 972.